The molecule has 13 heteroatoms. The van der Waals surface area contributed by atoms with Gasteiger partial charge >= 0.3 is 0 Å². The maximum absolute atomic E-state index is 10.4. The number of aliphatic hydroxyl groups excluding tert-OH is 1. The predicted octanol–water partition coefficient (Wildman–Crippen LogP) is 4.24. The van der Waals surface area contributed by atoms with E-state index < -0.39 is 10.1 Å². The van der Waals surface area contributed by atoms with Crippen LogP contribution in [0.2, 0.25) is 0 Å². The SMILES string of the molecule is Cc1ccc(CO)cc1NCc1ccnc(Nc2cc(N3CCOCC3)cc(N3CCOCC3)c2)n1.O=S(=O)(O)c1ccccc1. The molecule has 0 unspecified atom stereocenters. The van der Waals surface area contributed by atoms with Gasteiger partial charge < -0.3 is 35.0 Å². The zero-order valence-electron chi connectivity index (χ0n) is 25.8. The minimum atomic E-state index is -4.00. The third-order valence-corrected chi connectivity index (χ3v) is 8.48. The number of benzene rings is 3. The topological polar surface area (TPSA) is 149 Å². The van der Waals surface area contributed by atoms with Crippen LogP contribution in [0, 0.1) is 6.92 Å². The standard InChI is InChI=1S/C27H34N6O3.C6H6O3S/c1-20-2-3-21(19-34)14-26(20)29-18-22-4-5-28-27(30-22)31-23-15-24(32-6-10-35-11-7-32)17-25(16-23)33-8-12-36-13-9-33;7-10(8,9)6-4-2-1-3-5-6/h2-5,14-17,29,34H,6-13,18-19H2,1H3,(H,28,30,31);1-5H,(H,7,8,9). The van der Waals surface area contributed by atoms with Gasteiger partial charge in [-0.3, -0.25) is 4.55 Å². The van der Waals surface area contributed by atoms with E-state index >= 15 is 0 Å². The van der Waals surface area contributed by atoms with Gasteiger partial charge in [-0.2, -0.15) is 8.42 Å². The lowest BCUT2D eigenvalue weighted by Crippen LogP contribution is -2.38. The average Bonchev–Trinajstić information content (AvgIpc) is 3.09. The smallest absolute Gasteiger partial charge is 0.294 e. The van der Waals surface area contributed by atoms with Gasteiger partial charge in [0.2, 0.25) is 5.95 Å². The van der Waals surface area contributed by atoms with Crippen molar-refractivity contribution in [2.45, 2.75) is 25.0 Å². The Kier molecular flexibility index (Phi) is 11.4. The van der Waals surface area contributed by atoms with Gasteiger partial charge in [-0.25, -0.2) is 9.97 Å². The normalized spacial score (nSPS) is 15.1. The van der Waals surface area contributed by atoms with Crippen molar-refractivity contribution in [2.24, 2.45) is 0 Å². The minimum absolute atomic E-state index is 0.0203. The van der Waals surface area contributed by atoms with Crippen molar-refractivity contribution in [1.82, 2.24) is 9.97 Å². The number of aromatic nitrogens is 2. The van der Waals surface area contributed by atoms with Crippen LogP contribution in [0.4, 0.5) is 28.7 Å². The van der Waals surface area contributed by atoms with E-state index in [0.717, 1.165) is 80.8 Å². The maximum atomic E-state index is 10.4. The Labute approximate surface area is 269 Å². The molecule has 2 fully saturated rings. The number of aryl methyl sites for hydroxylation is 1. The summed E-state index contributed by atoms with van der Waals surface area (Å²) < 4.78 is 40.4. The van der Waals surface area contributed by atoms with Gasteiger partial charge in [-0.05, 0) is 60.5 Å². The van der Waals surface area contributed by atoms with Crippen molar-refractivity contribution >= 4 is 38.8 Å². The fourth-order valence-electron chi connectivity index (χ4n) is 5.10. The van der Waals surface area contributed by atoms with E-state index in [4.69, 9.17) is 19.0 Å². The monoisotopic (exact) mass is 648 g/mol. The van der Waals surface area contributed by atoms with Gasteiger partial charge in [0.1, 0.15) is 0 Å². The van der Waals surface area contributed by atoms with Crippen molar-refractivity contribution in [3.63, 3.8) is 0 Å². The summed E-state index contributed by atoms with van der Waals surface area (Å²) in [5.74, 6) is 0.558. The number of anilines is 5. The largest absolute Gasteiger partial charge is 0.392 e. The van der Waals surface area contributed by atoms with E-state index in [1.807, 2.05) is 31.2 Å². The molecule has 46 heavy (non-hydrogen) atoms. The van der Waals surface area contributed by atoms with Crippen LogP contribution in [0.15, 0.2) is 83.9 Å². The number of nitrogens with zero attached hydrogens (tertiary/aromatic N) is 4. The Balaban J connectivity index is 0.000000356. The molecule has 4 aromatic rings. The van der Waals surface area contributed by atoms with E-state index in [0.29, 0.717) is 12.5 Å². The first kappa shape index (κ1) is 33.1. The highest BCUT2D eigenvalue weighted by atomic mass is 32.2. The highest BCUT2D eigenvalue weighted by molar-refractivity contribution is 7.85. The molecule has 6 rings (SSSR count). The first-order chi connectivity index (χ1) is 22.3. The van der Waals surface area contributed by atoms with Crippen molar-refractivity contribution in [3.05, 3.63) is 95.8 Å². The van der Waals surface area contributed by atoms with E-state index in [1.54, 1.807) is 24.4 Å². The third kappa shape index (κ3) is 9.37. The molecule has 0 saturated carbocycles. The summed E-state index contributed by atoms with van der Waals surface area (Å²) in [6.45, 7) is 9.08. The number of aliphatic hydroxyl groups is 1. The van der Waals surface area contributed by atoms with Crippen LogP contribution in [0.1, 0.15) is 16.8 Å². The number of hydrogen-bond donors (Lipinski definition) is 4. The molecule has 0 radical (unpaired) electrons. The third-order valence-electron chi connectivity index (χ3n) is 7.61. The molecule has 3 heterocycles. The second kappa shape index (κ2) is 15.8. The van der Waals surface area contributed by atoms with Crippen LogP contribution < -0.4 is 20.4 Å². The van der Waals surface area contributed by atoms with Gasteiger partial charge in [0.15, 0.2) is 0 Å². The van der Waals surface area contributed by atoms with Crippen LogP contribution in [0.3, 0.4) is 0 Å². The Bertz CT molecular complexity index is 1640. The molecule has 0 spiro atoms. The second-order valence-electron chi connectivity index (χ2n) is 10.9. The molecule has 2 aliphatic heterocycles. The van der Waals surface area contributed by atoms with Crippen LogP contribution in [0.25, 0.3) is 0 Å². The van der Waals surface area contributed by atoms with E-state index in [-0.39, 0.29) is 11.5 Å². The van der Waals surface area contributed by atoms with Crippen LogP contribution in [-0.4, -0.2) is 80.7 Å². The van der Waals surface area contributed by atoms with Gasteiger partial charge in [0, 0.05) is 55.1 Å². The second-order valence-corrected chi connectivity index (χ2v) is 12.3. The van der Waals surface area contributed by atoms with Crippen LogP contribution in [0.5, 0.6) is 0 Å². The molecule has 1 aromatic heterocycles. The molecular formula is C33H40N6O6S. The van der Waals surface area contributed by atoms with Gasteiger partial charge in [-0.1, -0.05) is 30.3 Å². The quantitative estimate of drug-likeness (QED) is 0.192. The molecule has 0 amide bonds. The number of morpholine rings is 2. The zero-order valence-corrected chi connectivity index (χ0v) is 26.6. The number of nitrogens with one attached hydrogen (secondary N) is 2. The molecule has 2 saturated heterocycles. The lowest BCUT2D eigenvalue weighted by atomic mass is 10.1. The molecule has 4 N–H and O–H groups in total. The lowest BCUT2D eigenvalue weighted by molar-refractivity contribution is 0.122. The molecule has 12 nitrogen and oxygen atoms in total. The highest BCUT2D eigenvalue weighted by Crippen LogP contribution is 2.30. The predicted molar refractivity (Wildman–Crippen MR) is 179 cm³/mol. The molecule has 2 aliphatic rings. The molecule has 3 aromatic carbocycles. The number of rotatable bonds is 9. The maximum Gasteiger partial charge on any atom is 0.294 e. The van der Waals surface area contributed by atoms with Crippen molar-refractivity contribution in [1.29, 1.82) is 0 Å². The van der Waals surface area contributed by atoms with Gasteiger partial charge in [0.25, 0.3) is 10.1 Å². The summed E-state index contributed by atoms with van der Waals surface area (Å²) in [6, 6.07) is 21.8. The fourth-order valence-corrected chi connectivity index (χ4v) is 5.60. The first-order valence-corrected chi connectivity index (χ1v) is 16.6. The summed E-state index contributed by atoms with van der Waals surface area (Å²) >= 11 is 0. The summed E-state index contributed by atoms with van der Waals surface area (Å²) in [6.07, 6.45) is 1.78. The number of hydrogen-bond acceptors (Lipinski definition) is 11. The highest BCUT2D eigenvalue weighted by Gasteiger charge is 2.17. The Hall–Kier alpha value is -4.27. The molecule has 0 bridgehead atoms. The van der Waals surface area contributed by atoms with Gasteiger partial charge in [0.05, 0.1) is 50.2 Å². The van der Waals surface area contributed by atoms with Crippen molar-refractivity contribution < 1.29 is 27.6 Å². The number of ether oxygens (including phenoxy) is 2. The van der Waals surface area contributed by atoms with E-state index in [2.05, 4.69) is 43.6 Å². The van der Waals surface area contributed by atoms with E-state index in [1.165, 1.54) is 23.5 Å². The first-order valence-electron chi connectivity index (χ1n) is 15.1. The summed E-state index contributed by atoms with van der Waals surface area (Å²) in [5, 5.41) is 16.3. The average molecular weight is 649 g/mol. The summed E-state index contributed by atoms with van der Waals surface area (Å²) in [7, 11) is -4.00. The fraction of sp³-hybridized carbons (Fsp3) is 0.333. The lowest BCUT2D eigenvalue weighted by Gasteiger charge is -2.33. The Morgan fingerprint density at radius 2 is 1.48 bits per heavy atom. The zero-order chi connectivity index (χ0) is 32.4. The molecule has 0 atom stereocenters. The minimum Gasteiger partial charge on any atom is -0.392 e. The van der Waals surface area contributed by atoms with Crippen molar-refractivity contribution in [3.8, 4) is 0 Å². The Morgan fingerprint density at radius 3 is 2.04 bits per heavy atom. The molecule has 0 aliphatic carbocycles. The van der Waals surface area contributed by atoms with Gasteiger partial charge in [-0.15, -0.1) is 0 Å². The van der Waals surface area contributed by atoms with E-state index in [9.17, 15) is 13.5 Å². The Morgan fingerprint density at radius 1 is 0.848 bits per heavy atom. The van der Waals surface area contributed by atoms with Crippen LogP contribution >= 0.6 is 0 Å². The summed E-state index contributed by atoms with van der Waals surface area (Å²) in [5.41, 5.74) is 7.16. The summed E-state index contributed by atoms with van der Waals surface area (Å²) in [4.78, 5) is 13.9. The van der Waals surface area contributed by atoms with Crippen molar-refractivity contribution in [2.75, 3.05) is 73.0 Å². The molecular weight excluding hydrogens is 608 g/mol. The molecule has 244 valence electrons. The van der Waals surface area contributed by atoms with Crippen LogP contribution in [-0.2, 0) is 32.7 Å².